The number of aliphatic hydroxyl groups is 1. The van der Waals surface area contributed by atoms with E-state index in [0.29, 0.717) is 31.0 Å². The fourth-order valence-electron chi connectivity index (χ4n) is 6.34. The normalized spacial score (nSPS) is 17.8. The lowest BCUT2D eigenvalue weighted by Crippen LogP contribution is -2.22. The van der Waals surface area contributed by atoms with Crippen molar-refractivity contribution in [2.75, 3.05) is 5.32 Å². The van der Waals surface area contributed by atoms with E-state index in [1.807, 2.05) is 26.0 Å². The molecular weight excluding hydrogens is 556 g/mol. The zero-order chi connectivity index (χ0) is 32.2. The van der Waals surface area contributed by atoms with Gasteiger partial charge < -0.3 is 10.4 Å². The molecule has 2 aliphatic carbocycles. The summed E-state index contributed by atoms with van der Waals surface area (Å²) in [6.07, 6.45) is 16.4. The second-order valence-electron chi connectivity index (χ2n) is 13.2. The monoisotopic (exact) mass is 610 g/mol. The van der Waals surface area contributed by atoms with Gasteiger partial charge in [0.1, 0.15) is 5.78 Å². The van der Waals surface area contributed by atoms with Crippen LogP contribution in [0.1, 0.15) is 145 Å². The van der Waals surface area contributed by atoms with Gasteiger partial charge in [-0.3, -0.25) is 14.6 Å². The lowest BCUT2D eigenvalue weighted by Gasteiger charge is -2.20. The summed E-state index contributed by atoms with van der Waals surface area (Å²) in [5.74, 6) is 0.389. The number of allylic oxidation sites excluding steroid dienone is 4. The summed E-state index contributed by atoms with van der Waals surface area (Å²) in [5.41, 5.74) is 9.05. The molecule has 45 heavy (non-hydrogen) atoms. The summed E-state index contributed by atoms with van der Waals surface area (Å²) in [4.78, 5) is 30.0. The average molecular weight is 611 g/mol. The van der Waals surface area contributed by atoms with Crippen molar-refractivity contribution < 1.29 is 14.7 Å². The highest BCUT2D eigenvalue weighted by atomic mass is 16.3. The van der Waals surface area contributed by atoms with Gasteiger partial charge in [0.05, 0.1) is 12.0 Å². The van der Waals surface area contributed by atoms with E-state index in [1.165, 1.54) is 22.3 Å². The van der Waals surface area contributed by atoms with Gasteiger partial charge in [0, 0.05) is 36.0 Å². The highest BCUT2D eigenvalue weighted by Crippen LogP contribution is 2.39. The maximum Gasteiger partial charge on any atom is 0.232 e. The number of aryl methyl sites for hydroxylation is 1. The van der Waals surface area contributed by atoms with Gasteiger partial charge in [0.15, 0.2) is 0 Å². The van der Waals surface area contributed by atoms with E-state index in [9.17, 15) is 14.7 Å². The smallest absolute Gasteiger partial charge is 0.232 e. The van der Waals surface area contributed by atoms with E-state index >= 15 is 0 Å². The molecule has 3 atom stereocenters. The molecule has 0 radical (unpaired) electrons. The molecule has 0 aromatic heterocycles. The van der Waals surface area contributed by atoms with Crippen LogP contribution < -0.4 is 5.32 Å². The highest BCUT2D eigenvalue weighted by molar-refractivity contribution is 6.03. The van der Waals surface area contributed by atoms with E-state index in [4.69, 9.17) is 0 Å². The molecular formula is C40H54N2O3. The van der Waals surface area contributed by atoms with Crippen molar-refractivity contribution >= 4 is 29.2 Å². The van der Waals surface area contributed by atoms with Crippen molar-refractivity contribution in [3.05, 3.63) is 82.1 Å². The van der Waals surface area contributed by atoms with Gasteiger partial charge >= 0.3 is 0 Å². The van der Waals surface area contributed by atoms with Crippen molar-refractivity contribution in [3.63, 3.8) is 0 Å². The van der Waals surface area contributed by atoms with Gasteiger partial charge in [0.2, 0.25) is 5.91 Å². The zero-order valence-electron chi connectivity index (χ0n) is 28.0. The largest absolute Gasteiger partial charge is 0.388 e. The number of nitrogens with one attached hydrogen (secondary N) is 1. The summed E-state index contributed by atoms with van der Waals surface area (Å²) in [5, 5.41) is 14.3. The summed E-state index contributed by atoms with van der Waals surface area (Å²) >= 11 is 0. The maximum absolute atomic E-state index is 13.4. The van der Waals surface area contributed by atoms with E-state index in [2.05, 4.69) is 60.6 Å². The Balaban J connectivity index is 1.46. The van der Waals surface area contributed by atoms with Crippen LogP contribution in [0.4, 0.5) is 5.69 Å². The number of nitrogens with zero attached hydrogens (tertiary/aromatic N) is 1. The second kappa shape index (κ2) is 17.4. The van der Waals surface area contributed by atoms with Crippen molar-refractivity contribution in [1.29, 1.82) is 0 Å². The Morgan fingerprint density at radius 1 is 1.02 bits per heavy atom. The van der Waals surface area contributed by atoms with E-state index < -0.39 is 6.10 Å². The molecule has 5 heteroatoms. The number of Topliss-reactive ketones (excluding diaryl/α,β-unsaturated/α-hetero) is 1. The molecule has 0 bridgehead atoms. The number of anilines is 1. The Morgan fingerprint density at radius 2 is 1.80 bits per heavy atom. The Bertz CT molecular complexity index is 1400. The molecule has 3 unspecified atom stereocenters. The number of benzene rings is 2. The molecule has 0 aliphatic heterocycles. The molecule has 0 spiro atoms. The number of amides is 1. The van der Waals surface area contributed by atoms with Crippen LogP contribution in [-0.2, 0) is 9.59 Å². The van der Waals surface area contributed by atoms with Crippen LogP contribution >= 0.6 is 0 Å². The Labute approximate surface area is 271 Å². The topological polar surface area (TPSA) is 78.8 Å². The van der Waals surface area contributed by atoms with Crippen molar-refractivity contribution in [2.24, 2.45) is 10.9 Å². The van der Waals surface area contributed by atoms with Crippen LogP contribution in [0.3, 0.4) is 0 Å². The summed E-state index contributed by atoms with van der Waals surface area (Å²) in [6, 6.07) is 14.8. The van der Waals surface area contributed by atoms with Gasteiger partial charge in [-0.2, -0.15) is 0 Å². The molecule has 0 saturated heterocycles. The number of unbranched alkanes of at least 4 members (excludes halogenated alkanes) is 3. The zero-order valence-corrected chi connectivity index (χ0v) is 28.0. The molecule has 4 rings (SSSR count). The molecule has 242 valence electrons. The second-order valence-corrected chi connectivity index (χ2v) is 13.2. The van der Waals surface area contributed by atoms with Crippen LogP contribution in [0.15, 0.2) is 64.8 Å². The first-order chi connectivity index (χ1) is 21.8. The Kier molecular flexibility index (Phi) is 13.4. The number of rotatable bonds is 16. The quantitative estimate of drug-likeness (QED) is 0.147. The first kappa shape index (κ1) is 34.6. The van der Waals surface area contributed by atoms with E-state index in [-0.39, 0.29) is 11.8 Å². The molecule has 1 fully saturated rings. The minimum absolute atomic E-state index is 0.0972. The van der Waals surface area contributed by atoms with Crippen molar-refractivity contribution in [1.82, 2.24) is 0 Å². The van der Waals surface area contributed by atoms with Crippen LogP contribution in [0, 0.1) is 12.8 Å². The SMILES string of the molecule is CCCCC(=O)CCCCCC(O)c1ccc(C2=CCCC(c3ccccc3C)CC2)c(NC(=O)C(C)C=NC(C)=C2CC2)c1. The predicted octanol–water partition coefficient (Wildman–Crippen LogP) is 10.2. The number of aliphatic hydroxyl groups excluding tert-OH is 1. The van der Waals surface area contributed by atoms with E-state index in [0.717, 1.165) is 93.1 Å². The predicted molar refractivity (Wildman–Crippen MR) is 188 cm³/mol. The third kappa shape index (κ3) is 10.6. The van der Waals surface area contributed by atoms with Gasteiger partial charge in [-0.25, -0.2) is 0 Å². The lowest BCUT2D eigenvalue weighted by atomic mass is 9.87. The number of hydrogen-bond acceptors (Lipinski definition) is 4. The van der Waals surface area contributed by atoms with E-state index in [1.54, 1.807) is 6.21 Å². The minimum Gasteiger partial charge on any atom is -0.388 e. The van der Waals surface area contributed by atoms with Gasteiger partial charge in [-0.15, -0.1) is 0 Å². The average Bonchev–Trinajstić information content (AvgIpc) is 3.90. The Morgan fingerprint density at radius 3 is 2.56 bits per heavy atom. The molecule has 2 N–H and O–H groups in total. The number of aliphatic imine (C=N–C) groups is 1. The van der Waals surface area contributed by atoms with Gasteiger partial charge in [0.25, 0.3) is 0 Å². The molecule has 0 heterocycles. The molecule has 2 aromatic rings. The molecule has 1 saturated carbocycles. The van der Waals surface area contributed by atoms with Crippen LogP contribution in [0.25, 0.3) is 5.57 Å². The third-order valence-corrected chi connectivity index (χ3v) is 9.49. The number of carbonyl (C=O) groups is 2. The van der Waals surface area contributed by atoms with Crippen LogP contribution in [0.5, 0.6) is 0 Å². The van der Waals surface area contributed by atoms with Gasteiger partial charge in [-0.1, -0.05) is 68.7 Å². The van der Waals surface area contributed by atoms with Crippen molar-refractivity contribution in [3.8, 4) is 0 Å². The number of hydrogen-bond donors (Lipinski definition) is 2. The number of carbonyl (C=O) groups excluding carboxylic acids is 2. The summed E-state index contributed by atoms with van der Waals surface area (Å²) < 4.78 is 0. The molecule has 1 amide bonds. The summed E-state index contributed by atoms with van der Waals surface area (Å²) in [7, 11) is 0. The van der Waals surface area contributed by atoms with Crippen LogP contribution in [-0.4, -0.2) is 23.0 Å². The Hall–Kier alpha value is -3.31. The fraction of sp³-hybridized carbons (Fsp3) is 0.525. The molecule has 5 nitrogen and oxygen atoms in total. The van der Waals surface area contributed by atoms with Crippen molar-refractivity contribution in [2.45, 2.75) is 130 Å². The van der Waals surface area contributed by atoms with Crippen LogP contribution in [0.2, 0.25) is 0 Å². The lowest BCUT2D eigenvalue weighted by molar-refractivity contribution is -0.119. The molecule has 2 aliphatic rings. The first-order valence-electron chi connectivity index (χ1n) is 17.4. The third-order valence-electron chi connectivity index (χ3n) is 9.49. The standard InChI is InChI=1S/C40H54N2O3/c1-5-6-16-35(43)17-8-7-9-19-39(44)34-24-25-37(33-15-12-14-32(22-23-33)36-18-11-10-13-28(36)2)38(26-34)42-40(45)29(3)27-41-30(4)31-20-21-31/h10-11,13,15,18,24-27,29,32,39,44H,5-9,12,14,16-17,19-23H2,1-4H3,(H,42,45). The fourth-order valence-corrected chi connectivity index (χ4v) is 6.34. The maximum atomic E-state index is 13.4. The molecule has 2 aromatic carbocycles. The van der Waals surface area contributed by atoms with Gasteiger partial charge in [-0.05, 0) is 118 Å². The number of ketones is 1. The highest BCUT2D eigenvalue weighted by Gasteiger charge is 2.22. The summed E-state index contributed by atoms with van der Waals surface area (Å²) in [6.45, 7) is 8.20. The minimum atomic E-state index is -0.620. The first-order valence-corrected chi connectivity index (χ1v) is 17.4.